The Morgan fingerprint density at radius 3 is 2.69 bits per heavy atom. The third-order valence-corrected chi connectivity index (χ3v) is 2.30. The molecular weight excluding hydrogens is 198 g/mol. The monoisotopic (exact) mass is 213 g/mol. The number of aryl methyl sites for hydroxylation is 1. The van der Waals surface area contributed by atoms with Gasteiger partial charge in [0.25, 0.3) is 0 Å². The van der Waals surface area contributed by atoms with E-state index in [9.17, 15) is 0 Å². The molecule has 1 heterocycles. The first kappa shape index (κ1) is 10.6. The Hall–Kier alpha value is -1.96. The number of hydrogen-bond acceptors (Lipinski definition) is 2. The van der Waals surface area contributed by atoms with Gasteiger partial charge in [0.15, 0.2) is 0 Å². The normalized spacial score (nSPS) is 10.8. The van der Waals surface area contributed by atoms with Crippen molar-refractivity contribution in [1.82, 2.24) is 0 Å². The van der Waals surface area contributed by atoms with E-state index in [-0.39, 0.29) is 0 Å². The average Bonchev–Trinajstić information content (AvgIpc) is 2.80. The molecule has 0 unspecified atom stereocenters. The lowest BCUT2D eigenvalue weighted by molar-refractivity contribution is 0.557. The second-order valence-electron chi connectivity index (χ2n) is 3.66. The van der Waals surface area contributed by atoms with Crippen molar-refractivity contribution in [1.29, 1.82) is 0 Å². The van der Waals surface area contributed by atoms with Gasteiger partial charge in [-0.1, -0.05) is 23.8 Å². The molecule has 16 heavy (non-hydrogen) atoms. The van der Waals surface area contributed by atoms with Gasteiger partial charge in [-0.2, -0.15) is 0 Å². The minimum Gasteiger partial charge on any atom is -0.465 e. The molecule has 2 nitrogen and oxygen atoms in total. The van der Waals surface area contributed by atoms with Crippen molar-refractivity contribution in [3.8, 4) is 0 Å². The number of furan rings is 1. The molecule has 2 rings (SSSR count). The summed E-state index contributed by atoms with van der Waals surface area (Å²) >= 11 is 0. The van der Waals surface area contributed by atoms with Gasteiger partial charge < -0.3 is 9.73 Å². The van der Waals surface area contributed by atoms with E-state index in [1.807, 2.05) is 24.3 Å². The van der Waals surface area contributed by atoms with Crippen LogP contribution in [0.25, 0.3) is 6.08 Å². The van der Waals surface area contributed by atoms with Gasteiger partial charge in [0.1, 0.15) is 5.76 Å². The number of anilines is 1. The molecule has 2 heteroatoms. The highest BCUT2D eigenvalue weighted by Gasteiger charge is 1.89. The lowest BCUT2D eigenvalue weighted by atomic mass is 10.2. The van der Waals surface area contributed by atoms with E-state index in [0.717, 1.165) is 18.0 Å². The Labute approximate surface area is 95.6 Å². The van der Waals surface area contributed by atoms with Crippen molar-refractivity contribution in [3.05, 3.63) is 60.1 Å². The summed E-state index contributed by atoms with van der Waals surface area (Å²) in [5.74, 6) is 0.880. The molecule has 1 aromatic carbocycles. The molecule has 0 amide bonds. The maximum atomic E-state index is 5.19. The summed E-state index contributed by atoms with van der Waals surface area (Å²) < 4.78 is 5.19. The summed E-state index contributed by atoms with van der Waals surface area (Å²) in [4.78, 5) is 0. The molecule has 2 aromatic rings. The second kappa shape index (κ2) is 5.21. The number of rotatable bonds is 4. The number of benzene rings is 1. The van der Waals surface area contributed by atoms with Crippen LogP contribution < -0.4 is 5.32 Å². The Morgan fingerprint density at radius 2 is 2.00 bits per heavy atom. The molecule has 0 atom stereocenters. The molecule has 0 fully saturated rings. The van der Waals surface area contributed by atoms with Crippen molar-refractivity contribution in [2.75, 3.05) is 11.9 Å². The quantitative estimate of drug-likeness (QED) is 0.837. The van der Waals surface area contributed by atoms with Gasteiger partial charge in [0, 0.05) is 12.2 Å². The fraction of sp³-hybridized carbons (Fsp3) is 0.143. The lowest BCUT2D eigenvalue weighted by Crippen LogP contribution is -1.97. The maximum absolute atomic E-state index is 5.19. The van der Waals surface area contributed by atoms with Crippen LogP contribution in [0.3, 0.4) is 0 Å². The molecule has 0 saturated heterocycles. The van der Waals surface area contributed by atoms with Crippen molar-refractivity contribution in [2.24, 2.45) is 0 Å². The minimum absolute atomic E-state index is 0.795. The number of hydrogen-bond donors (Lipinski definition) is 1. The van der Waals surface area contributed by atoms with Gasteiger partial charge in [0.05, 0.1) is 6.26 Å². The van der Waals surface area contributed by atoms with Crippen LogP contribution in [0.1, 0.15) is 11.3 Å². The van der Waals surface area contributed by atoms with Crippen molar-refractivity contribution >= 4 is 11.8 Å². The standard InChI is InChI=1S/C14H15NO/c1-12-6-8-13(9-7-12)15-10-2-4-14-5-3-11-16-14/h2-9,11,15H,10H2,1H3/b4-2+. The third-order valence-electron chi connectivity index (χ3n) is 2.30. The van der Waals surface area contributed by atoms with Gasteiger partial charge in [-0.25, -0.2) is 0 Å². The van der Waals surface area contributed by atoms with Gasteiger partial charge in [-0.05, 0) is 37.3 Å². The molecule has 0 bridgehead atoms. The summed E-state index contributed by atoms with van der Waals surface area (Å²) in [6.07, 6.45) is 5.67. The van der Waals surface area contributed by atoms with E-state index in [2.05, 4.69) is 36.5 Å². The van der Waals surface area contributed by atoms with Crippen LogP contribution in [-0.4, -0.2) is 6.54 Å². The lowest BCUT2D eigenvalue weighted by Gasteiger charge is -2.02. The van der Waals surface area contributed by atoms with Crippen LogP contribution >= 0.6 is 0 Å². The summed E-state index contributed by atoms with van der Waals surface area (Å²) in [5.41, 5.74) is 2.41. The predicted molar refractivity (Wildman–Crippen MR) is 67.4 cm³/mol. The van der Waals surface area contributed by atoms with E-state index in [1.54, 1.807) is 6.26 Å². The third kappa shape index (κ3) is 3.02. The Balaban J connectivity index is 1.82. The maximum Gasteiger partial charge on any atom is 0.126 e. The second-order valence-corrected chi connectivity index (χ2v) is 3.66. The van der Waals surface area contributed by atoms with Crippen LogP contribution in [-0.2, 0) is 0 Å². The zero-order valence-electron chi connectivity index (χ0n) is 9.31. The molecule has 1 N–H and O–H groups in total. The van der Waals surface area contributed by atoms with Crippen molar-refractivity contribution < 1.29 is 4.42 Å². The van der Waals surface area contributed by atoms with E-state index in [1.165, 1.54) is 5.56 Å². The van der Waals surface area contributed by atoms with Crippen LogP contribution in [0.2, 0.25) is 0 Å². The zero-order chi connectivity index (χ0) is 11.2. The number of nitrogens with one attached hydrogen (secondary N) is 1. The van der Waals surface area contributed by atoms with Crippen LogP contribution in [0.5, 0.6) is 0 Å². The van der Waals surface area contributed by atoms with E-state index < -0.39 is 0 Å². The molecule has 0 radical (unpaired) electrons. The van der Waals surface area contributed by atoms with E-state index in [4.69, 9.17) is 4.42 Å². The molecular formula is C14H15NO. The van der Waals surface area contributed by atoms with Gasteiger partial charge in [-0.3, -0.25) is 0 Å². The van der Waals surface area contributed by atoms with Crippen molar-refractivity contribution in [3.63, 3.8) is 0 Å². The van der Waals surface area contributed by atoms with Crippen LogP contribution in [0, 0.1) is 6.92 Å². The molecule has 1 aromatic heterocycles. The van der Waals surface area contributed by atoms with E-state index >= 15 is 0 Å². The highest BCUT2D eigenvalue weighted by atomic mass is 16.3. The summed E-state index contributed by atoms with van der Waals surface area (Å²) in [7, 11) is 0. The SMILES string of the molecule is Cc1ccc(NC/C=C/c2ccco2)cc1. The summed E-state index contributed by atoms with van der Waals surface area (Å²) in [6.45, 7) is 2.88. The topological polar surface area (TPSA) is 25.2 Å². The summed E-state index contributed by atoms with van der Waals surface area (Å²) in [6, 6.07) is 12.2. The van der Waals surface area contributed by atoms with Gasteiger partial charge >= 0.3 is 0 Å². The molecule has 0 aliphatic carbocycles. The first-order valence-corrected chi connectivity index (χ1v) is 5.35. The van der Waals surface area contributed by atoms with Crippen LogP contribution in [0.15, 0.2) is 53.2 Å². The molecule has 82 valence electrons. The molecule has 0 aliphatic heterocycles. The summed E-state index contributed by atoms with van der Waals surface area (Å²) in [5, 5.41) is 3.31. The zero-order valence-corrected chi connectivity index (χ0v) is 9.31. The highest BCUT2D eigenvalue weighted by molar-refractivity contribution is 5.47. The largest absolute Gasteiger partial charge is 0.465 e. The van der Waals surface area contributed by atoms with Gasteiger partial charge in [-0.15, -0.1) is 0 Å². The van der Waals surface area contributed by atoms with Crippen LogP contribution in [0.4, 0.5) is 5.69 Å². The highest BCUT2D eigenvalue weighted by Crippen LogP contribution is 2.08. The Kier molecular flexibility index (Phi) is 3.44. The first-order valence-electron chi connectivity index (χ1n) is 5.35. The Bertz CT molecular complexity index is 440. The first-order chi connectivity index (χ1) is 7.84. The average molecular weight is 213 g/mol. The predicted octanol–water partition coefficient (Wildman–Crippen LogP) is 3.71. The molecule has 0 aliphatic rings. The van der Waals surface area contributed by atoms with Gasteiger partial charge in [0.2, 0.25) is 0 Å². The fourth-order valence-electron chi connectivity index (χ4n) is 1.41. The van der Waals surface area contributed by atoms with E-state index in [0.29, 0.717) is 0 Å². The smallest absolute Gasteiger partial charge is 0.126 e. The Morgan fingerprint density at radius 1 is 1.19 bits per heavy atom. The fourth-order valence-corrected chi connectivity index (χ4v) is 1.41. The minimum atomic E-state index is 0.795. The van der Waals surface area contributed by atoms with Crippen molar-refractivity contribution in [2.45, 2.75) is 6.92 Å². The molecule has 0 spiro atoms. The molecule has 0 saturated carbocycles.